The van der Waals surface area contributed by atoms with E-state index in [0.29, 0.717) is 0 Å². The predicted molar refractivity (Wildman–Crippen MR) is 45.3 cm³/mol. The van der Waals surface area contributed by atoms with E-state index in [4.69, 9.17) is 0 Å². The molecule has 0 unspecified atom stereocenters. The van der Waals surface area contributed by atoms with Gasteiger partial charge in [0, 0.05) is 0 Å². The summed E-state index contributed by atoms with van der Waals surface area (Å²) in [5.41, 5.74) is 1.03. The topological polar surface area (TPSA) is 56.0 Å². The zero-order valence-corrected chi connectivity index (χ0v) is 7.64. The second kappa shape index (κ2) is 2.69. The van der Waals surface area contributed by atoms with E-state index in [9.17, 15) is 10.1 Å². The van der Waals surface area contributed by atoms with Gasteiger partial charge in [0.2, 0.25) is 0 Å². The van der Waals surface area contributed by atoms with Gasteiger partial charge in [0.05, 0.1) is 0 Å². The average Bonchev–Trinajstić information content (AvgIpc) is 2.49. The number of hydrogen-bond acceptors (Lipinski definition) is 3. The van der Waals surface area contributed by atoms with Crippen LogP contribution >= 0.6 is 0 Å². The minimum absolute atomic E-state index is 0.154. The number of nitrogens with zero attached hydrogens (tertiary/aromatic N) is 2. The van der Waals surface area contributed by atoms with Crippen molar-refractivity contribution in [2.45, 2.75) is 0 Å². The molecule has 0 saturated carbocycles. The Morgan fingerprint density at radius 3 is 3.08 bits per heavy atom. The molecule has 1 aromatic heterocycles. The SMILES string of the molecule is O=[N+]([O-])c1ccc2nc[se]c2c1. The summed E-state index contributed by atoms with van der Waals surface area (Å²) in [6, 6.07) is 4.78. The Kier molecular flexibility index (Phi) is 1.67. The molecule has 60 valence electrons. The van der Waals surface area contributed by atoms with Crippen LogP contribution in [0.1, 0.15) is 0 Å². The number of nitro benzene ring substituents is 1. The van der Waals surface area contributed by atoms with Crippen molar-refractivity contribution < 1.29 is 4.92 Å². The fourth-order valence-corrected chi connectivity index (χ4v) is 2.45. The Bertz CT molecular complexity index is 438. The Hall–Kier alpha value is -1.19. The molecule has 0 atom stereocenters. The molecule has 0 N–H and O–H groups in total. The molecule has 0 radical (unpaired) electrons. The van der Waals surface area contributed by atoms with E-state index >= 15 is 0 Å². The fourth-order valence-electron chi connectivity index (χ4n) is 0.957. The molecule has 12 heavy (non-hydrogen) atoms. The molecule has 0 bridgehead atoms. The van der Waals surface area contributed by atoms with Gasteiger partial charge in [0.25, 0.3) is 0 Å². The number of aromatic nitrogens is 1. The monoisotopic (exact) mass is 228 g/mol. The zero-order chi connectivity index (χ0) is 8.55. The molecule has 0 aliphatic carbocycles. The minimum atomic E-state index is -0.380. The second-order valence-corrected chi connectivity index (χ2v) is 4.12. The molecule has 0 aliphatic rings. The number of benzene rings is 1. The summed E-state index contributed by atoms with van der Waals surface area (Å²) in [6.45, 7) is 0. The number of rotatable bonds is 1. The average molecular weight is 227 g/mol. The zero-order valence-electron chi connectivity index (χ0n) is 5.93. The summed E-state index contributed by atoms with van der Waals surface area (Å²) in [7, 11) is 0. The van der Waals surface area contributed by atoms with Gasteiger partial charge in [-0.2, -0.15) is 0 Å². The van der Waals surface area contributed by atoms with E-state index in [-0.39, 0.29) is 25.1 Å². The Morgan fingerprint density at radius 1 is 1.50 bits per heavy atom. The molecule has 0 amide bonds. The fraction of sp³-hybridized carbons (Fsp3) is 0. The summed E-state index contributed by atoms with van der Waals surface area (Å²) in [5.74, 6) is 0. The van der Waals surface area contributed by atoms with Gasteiger partial charge in [-0.05, 0) is 0 Å². The van der Waals surface area contributed by atoms with Gasteiger partial charge < -0.3 is 0 Å². The van der Waals surface area contributed by atoms with Crippen LogP contribution in [0.5, 0.6) is 0 Å². The van der Waals surface area contributed by atoms with Crippen LogP contribution in [0.25, 0.3) is 9.78 Å². The van der Waals surface area contributed by atoms with E-state index in [1.54, 1.807) is 12.1 Å². The third kappa shape index (κ3) is 1.13. The first-order valence-corrected chi connectivity index (χ1v) is 5.09. The molecule has 1 heterocycles. The Balaban J connectivity index is 2.68. The predicted octanol–water partition coefficient (Wildman–Crippen LogP) is 1.20. The van der Waals surface area contributed by atoms with Crippen LogP contribution in [-0.4, -0.2) is 24.4 Å². The summed E-state index contributed by atoms with van der Waals surface area (Å²) < 4.78 is 0.997. The first kappa shape index (κ1) is 7.46. The molecular formula is C7H4N2O2Se. The number of fused-ring (bicyclic) bond motifs is 1. The van der Waals surface area contributed by atoms with Crippen molar-refractivity contribution in [2.24, 2.45) is 0 Å². The molecule has 0 spiro atoms. The van der Waals surface area contributed by atoms with Crippen LogP contribution in [0.2, 0.25) is 0 Å². The van der Waals surface area contributed by atoms with E-state index in [0.717, 1.165) is 9.78 Å². The summed E-state index contributed by atoms with van der Waals surface area (Å²) in [6.07, 6.45) is 0. The molecule has 2 rings (SSSR count). The number of non-ortho nitro benzene ring substituents is 1. The third-order valence-corrected chi connectivity index (χ3v) is 3.19. The van der Waals surface area contributed by atoms with Crippen molar-refractivity contribution in [3.63, 3.8) is 0 Å². The maximum atomic E-state index is 10.4. The van der Waals surface area contributed by atoms with Crippen molar-refractivity contribution in [3.8, 4) is 0 Å². The van der Waals surface area contributed by atoms with Gasteiger partial charge in [-0.25, -0.2) is 0 Å². The van der Waals surface area contributed by atoms with Crippen molar-refractivity contribution in [3.05, 3.63) is 33.4 Å². The molecule has 0 fully saturated rings. The summed E-state index contributed by atoms with van der Waals surface area (Å²) in [5, 5.41) is 12.2. The van der Waals surface area contributed by atoms with Crippen LogP contribution in [-0.2, 0) is 0 Å². The summed E-state index contributed by atoms with van der Waals surface area (Å²) in [4.78, 5) is 14.1. The van der Waals surface area contributed by atoms with Crippen LogP contribution < -0.4 is 0 Å². The molecule has 5 heteroatoms. The molecule has 1 aromatic carbocycles. The second-order valence-electron chi connectivity index (χ2n) is 2.26. The number of nitro groups is 1. The quantitative estimate of drug-likeness (QED) is 0.418. The van der Waals surface area contributed by atoms with E-state index in [1.807, 2.05) is 5.07 Å². The molecule has 4 nitrogen and oxygen atoms in total. The maximum absolute atomic E-state index is 10.4. The van der Waals surface area contributed by atoms with Crippen molar-refractivity contribution >= 4 is 30.0 Å². The Labute approximate surface area is 73.7 Å². The molecular weight excluding hydrogens is 223 g/mol. The van der Waals surface area contributed by atoms with E-state index in [2.05, 4.69) is 4.98 Å². The van der Waals surface area contributed by atoms with Gasteiger partial charge >= 0.3 is 73.3 Å². The van der Waals surface area contributed by atoms with Gasteiger partial charge in [0.15, 0.2) is 0 Å². The molecule has 0 saturated heterocycles. The van der Waals surface area contributed by atoms with E-state index < -0.39 is 0 Å². The molecule has 0 aliphatic heterocycles. The number of hydrogen-bond donors (Lipinski definition) is 0. The summed E-state index contributed by atoms with van der Waals surface area (Å²) >= 11 is 0.182. The van der Waals surface area contributed by atoms with Crippen molar-refractivity contribution in [2.75, 3.05) is 0 Å². The first-order valence-electron chi connectivity index (χ1n) is 3.25. The molecule has 2 aromatic rings. The Morgan fingerprint density at radius 2 is 2.33 bits per heavy atom. The van der Waals surface area contributed by atoms with Crippen LogP contribution in [0.15, 0.2) is 23.3 Å². The third-order valence-electron chi connectivity index (χ3n) is 1.53. The van der Waals surface area contributed by atoms with Gasteiger partial charge in [-0.3, -0.25) is 0 Å². The standard InChI is InChI=1S/C7H4N2O2Se/c10-9(11)5-1-2-6-7(3-5)12-4-8-6/h1-4H. The van der Waals surface area contributed by atoms with Gasteiger partial charge in [-0.15, -0.1) is 0 Å². The van der Waals surface area contributed by atoms with Gasteiger partial charge in [0.1, 0.15) is 0 Å². The van der Waals surface area contributed by atoms with Crippen LogP contribution in [0.3, 0.4) is 0 Å². The normalized spacial score (nSPS) is 10.3. The van der Waals surface area contributed by atoms with Crippen LogP contribution in [0, 0.1) is 10.1 Å². The first-order chi connectivity index (χ1) is 5.77. The van der Waals surface area contributed by atoms with Crippen molar-refractivity contribution in [1.82, 2.24) is 4.98 Å². The van der Waals surface area contributed by atoms with Crippen LogP contribution in [0.4, 0.5) is 5.69 Å². The van der Waals surface area contributed by atoms with Crippen molar-refractivity contribution in [1.29, 1.82) is 0 Å². The van der Waals surface area contributed by atoms with Gasteiger partial charge in [-0.1, -0.05) is 0 Å². The van der Waals surface area contributed by atoms with E-state index in [1.165, 1.54) is 6.07 Å².